The molecule has 0 fully saturated rings. The minimum absolute atomic E-state index is 0.174. The molecule has 130 valence electrons. The predicted octanol–water partition coefficient (Wildman–Crippen LogP) is 3.80. The van der Waals surface area contributed by atoms with Gasteiger partial charge in [-0.15, -0.1) is 0 Å². The molecule has 0 atom stereocenters. The zero-order valence-corrected chi connectivity index (χ0v) is 11.7. The zero-order valence-electron chi connectivity index (χ0n) is 11.7. The summed E-state index contributed by atoms with van der Waals surface area (Å²) in [6.45, 7) is 0. The lowest BCUT2D eigenvalue weighted by atomic mass is 10.2. The fourth-order valence-corrected chi connectivity index (χ4v) is 1.34. The lowest BCUT2D eigenvalue weighted by Crippen LogP contribution is -2.20. The lowest BCUT2D eigenvalue weighted by Gasteiger charge is -2.09. The number of ketones is 2. The molecule has 0 radical (unpaired) electrons. The number of para-hydroxylation sites is 2. The summed E-state index contributed by atoms with van der Waals surface area (Å²) in [5.74, 6) is -4.15. The van der Waals surface area contributed by atoms with E-state index in [1.54, 1.807) is 0 Å². The molecule has 0 heterocycles. The van der Waals surface area contributed by atoms with E-state index in [9.17, 15) is 35.9 Å². The number of halogens is 6. The molecule has 1 aromatic rings. The quantitative estimate of drug-likeness (QED) is 0.604. The highest BCUT2D eigenvalue weighted by Crippen LogP contribution is 2.22. The number of carbonyl (C=O) groups is 2. The fourth-order valence-electron chi connectivity index (χ4n) is 1.34. The molecule has 24 heavy (non-hydrogen) atoms. The van der Waals surface area contributed by atoms with E-state index < -0.39 is 23.9 Å². The van der Waals surface area contributed by atoms with E-state index in [4.69, 9.17) is 0 Å². The van der Waals surface area contributed by atoms with Gasteiger partial charge in [-0.1, -0.05) is 12.1 Å². The Hall–Kier alpha value is -2.78. The Bertz CT molecular complexity index is 605. The van der Waals surface area contributed by atoms with Gasteiger partial charge in [-0.05, 0) is 12.1 Å². The molecule has 0 spiro atoms. The topological polar surface area (TPSA) is 58.2 Å². The zero-order chi connectivity index (χ0) is 18.4. The van der Waals surface area contributed by atoms with Gasteiger partial charge >= 0.3 is 12.4 Å². The first-order chi connectivity index (χ1) is 11.0. The van der Waals surface area contributed by atoms with Crippen LogP contribution in [0, 0.1) is 0 Å². The van der Waals surface area contributed by atoms with Gasteiger partial charge < -0.3 is 10.6 Å². The Morgan fingerprint density at radius 1 is 0.750 bits per heavy atom. The minimum atomic E-state index is -5.00. The van der Waals surface area contributed by atoms with Crippen molar-refractivity contribution in [3.8, 4) is 0 Å². The first-order valence-electron chi connectivity index (χ1n) is 6.19. The van der Waals surface area contributed by atoms with Crippen LogP contribution in [-0.4, -0.2) is 23.9 Å². The first-order valence-corrected chi connectivity index (χ1v) is 6.19. The standard InChI is InChI=1S/C14H10F6N2O2/c15-13(16,17)11(23)5-7-21-9-3-1-2-4-10(9)22-8-6-12(24)14(18,19)20/h1-8,21-22H. The van der Waals surface area contributed by atoms with Gasteiger partial charge in [0, 0.05) is 24.6 Å². The van der Waals surface area contributed by atoms with Crippen LogP contribution < -0.4 is 10.6 Å². The second-order valence-electron chi connectivity index (χ2n) is 4.22. The molecule has 0 aromatic heterocycles. The van der Waals surface area contributed by atoms with Gasteiger partial charge in [-0.2, -0.15) is 26.3 Å². The third-order valence-corrected chi connectivity index (χ3v) is 2.43. The van der Waals surface area contributed by atoms with Crippen molar-refractivity contribution in [1.82, 2.24) is 0 Å². The summed E-state index contributed by atoms with van der Waals surface area (Å²) in [4.78, 5) is 21.3. The van der Waals surface area contributed by atoms with E-state index in [-0.39, 0.29) is 23.5 Å². The maximum Gasteiger partial charge on any atom is 0.454 e. The highest BCUT2D eigenvalue weighted by atomic mass is 19.4. The Morgan fingerprint density at radius 3 is 1.38 bits per heavy atom. The lowest BCUT2D eigenvalue weighted by molar-refractivity contribution is -0.165. The Labute approximate surface area is 131 Å². The van der Waals surface area contributed by atoms with Gasteiger partial charge in [-0.25, -0.2) is 0 Å². The molecular weight excluding hydrogens is 342 g/mol. The predicted molar refractivity (Wildman–Crippen MR) is 74.1 cm³/mol. The molecule has 0 aliphatic heterocycles. The van der Waals surface area contributed by atoms with Gasteiger partial charge in [0.25, 0.3) is 11.6 Å². The van der Waals surface area contributed by atoms with Crippen molar-refractivity contribution < 1.29 is 35.9 Å². The van der Waals surface area contributed by atoms with Crippen molar-refractivity contribution in [1.29, 1.82) is 0 Å². The molecule has 0 saturated carbocycles. The molecule has 4 nitrogen and oxygen atoms in total. The average molecular weight is 352 g/mol. The highest BCUT2D eigenvalue weighted by molar-refractivity contribution is 5.95. The fraction of sp³-hybridized carbons (Fsp3) is 0.143. The third-order valence-electron chi connectivity index (χ3n) is 2.43. The largest absolute Gasteiger partial charge is 0.454 e. The van der Waals surface area contributed by atoms with Crippen molar-refractivity contribution >= 4 is 22.9 Å². The monoisotopic (exact) mass is 352 g/mol. The van der Waals surface area contributed by atoms with Gasteiger partial charge in [0.1, 0.15) is 0 Å². The van der Waals surface area contributed by atoms with Crippen molar-refractivity contribution in [2.45, 2.75) is 12.4 Å². The molecular formula is C14H10F6N2O2. The second kappa shape index (κ2) is 7.66. The number of benzene rings is 1. The average Bonchev–Trinajstić information content (AvgIpc) is 2.46. The molecule has 10 heteroatoms. The van der Waals surface area contributed by atoms with Crippen LogP contribution in [0.4, 0.5) is 37.7 Å². The smallest absolute Gasteiger partial charge is 0.360 e. The normalized spacial score (nSPS) is 12.6. The van der Waals surface area contributed by atoms with Crippen LogP contribution in [0.25, 0.3) is 0 Å². The van der Waals surface area contributed by atoms with E-state index in [1.165, 1.54) is 24.3 Å². The molecule has 0 amide bonds. The van der Waals surface area contributed by atoms with E-state index in [1.807, 2.05) is 0 Å². The minimum Gasteiger partial charge on any atom is -0.360 e. The van der Waals surface area contributed by atoms with E-state index in [2.05, 4.69) is 10.6 Å². The van der Waals surface area contributed by atoms with Gasteiger partial charge in [0.2, 0.25) is 0 Å². The molecule has 0 bridgehead atoms. The molecule has 0 saturated heterocycles. The maximum atomic E-state index is 12.0. The summed E-state index contributed by atoms with van der Waals surface area (Å²) in [6, 6.07) is 5.78. The van der Waals surface area contributed by atoms with Gasteiger partial charge in [0.05, 0.1) is 11.4 Å². The second-order valence-corrected chi connectivity index (χ2v) is 4.22. The summed E-state index contributed by atoms with van der Waals surface area (Å²) in [7, 11) is 0. The Kier molecular flexibility index (Phi) is 6.15. The summed E-state index contributed by atoms with van der Waals surface area (Å²) in [5, 5.41) is 4.76. The molecule has 2 N–H and O–H groups in total. The van der Waals surface area contributed by atoms with Gasteiger partial charge in [0.15, 0.2) is 0 Å². The number of alkyl halides is 6. The number of nitrogens with one attached hydrogen (secondary N) is 2. The number of anilines is 2. The summed E-state index contributed by atoms with van der Waals surface area (Å²) in [6.07, 6.45) is -8.01. The number of hydrogen-bond donors (Lipinski definition) is 2. The van der Waals surface area contributed by atoms with Crippen LogP contribution in [0.3, 0.4) is 0 Å². The molecule has 0 aliphatic carbocycles. The number of hydrogen-bond acceptors (Lipinski definition) is 4. The van der Waals surface area contributed by atoms with Crippen LogP contribution >= 0.6 is 0 Å². The van der Waals surface area contributed by atoms with Crippen LogP contribution in [0.1, 0.15) is 0 Å². The third kappa shape index (κ3) is 6.15. The van der Waals surface area contributed by atoms with Crippen LogP contribution in [-0.2, 0) is 9.59 Å². The maximum absolute atomic E-state index is 12.0. The van der Waals surface area contributed by atoms with Crippen molar-refractivity contribution in [2.75, 3.05) is 10.6 Å². The summed E-state index contributed by atoms with van der Waals surface area (Å²) >= 11 is 0. The van der Waals surface area contributed by atoms with E-state index >= 15 is 0 Å². The Balaban J connectivity index is 2.76. The highest BCUT2D eigenvalue weighted by Gasteiger charge is 2.36. The molecule has 1 aromatic carbocycles. The van der Waals surface area contributed by atoms with Crippen LogP contribution in [0.5, 0.6) is 0 Å². The van der Waals surface area contributed by atoms with Crippen LogP contribution in [0.2, 0.25) is 0 Å². The van der Waals surface area contributed by atoms with Crippen molar-refractivity contribution in [3.05, 3.63) is 48.8 Å². The van der Waals surface area contributed by atoms with Crippen molar-refractivity contribution in [2.24, 2.45) is 0 Å². The molecule has 0 unspecified atom stereocenters. The number of allylic oxidation sites excluding steroid dienone is 2. The van der Waals surface area contributed by atoms with E-state index in [0.29, 0.717) is 0 Å². The molecule has 1 rings (SSSR count). The van der Waals surface area contributed by atoms with E-state index in [0.717, 1.165) is 12.4 Å². The summed E-state index contributed by atoms with van der Waals surface area (Å²) in [5.41, 5.74) is 0.348. The number of rotatable bonds is 6. The number of carbonyl (C=O) groups excluding carboxylic acids is 2. The molecule has 0 aliphatic rings. The van der Waals surface area contributed by atoms with Gasteiger partial charge in [-0.3, -0.25) is 9.59 Å². The van der Waals surface area contributed by atoms with Crippen molar-refractivity contribution in [3.63, 3.8) is 0 Å². The first kappa shape index (κ1) is 19.3. The summed E-state index contributed by atoms with van der Waals surface area (Å²) < 4.78 is 72.1. The van der Waals surface area contributed by atoms with Crippen LogP contribution in [0.15, 0.2) is 48.8 Å². The SMILES string of the molecule is O=C(C=CNc1ccccc1NC=CC(=O)C(F)(F)F)C(F)(F)F. The Morgan fingerprint density at radius 2 is 1.08 bits per heavy atom.